The molecule has 1 aromatic carbocycles. The van der Waals surface area contributed by atoms with Crippen molar-refractivity contribution < 1.29 is 14.0 Å². The maximum absolute atomic E-state index is 13.3. The lowest BCUT2D eigenvalue weighted by Gasteiger charge is -2.41. The summed E-state index contributed by atoms with van der Waals surface area (Å²) in [7, 11) is 1.58. The molecule has 1 heterocycles. The molecule has 0 saturated carbocycles. The molecule has 5 nitrogen and oxygen atoms in total. The number of carbonyl (C=O) groups excluding carboxylic acids is 2. The van der Waals surface area contributed by atoms with E-state index < -0.39 is 5.54 Å². The summed E-state index contributed by atoms with van der Waals surface area (Å²) in [6, 6.07) is 6.07. The van der Waals surface area contributed by atoms with Gasteiger partial charge >= 0.3 is 0 Å². The molecule has 2 rings (SSSR count). The van der Waals surface area contributed by atoms with Gasteiger partial charge in [0.15, 0.2) is 0 Å². The van der Waals surface area contributed by atoms with E-state index in [0.29, 0.717) is 38.0 Å². The fourth-order valence-electron chi connectivity index (χ4n) is 2.85. The number of rotatable bonds is 4. The molecule has 1 aliphatic rings. The van der Waals surface area contributed by atoms with Crippen LogP contribution in [-0.4, -0.2) is 42.4 Å². The minimum Gasteiger partial charge on any atom is -0.371 e. The van der Waals surface area contributed by atoms with Crippen molar-refractivity contribution in [3.63, 3.8) is 0 Å². The molecule has 0 bridgehead atoms. The third-order valence-corrected chi connectivity index (χ3v) is 4.14. The second-order valence-corrected chi connectivity index (χ2v) is 5.53. The normalized spacial score (nSPS) is 17.0. The number of anilines is 1. The molecule has 6 heteroatoms. The van der Waals surface area contributed by atoms with Gasteiger partial charge in [0.1, 0.15) is 11.4 Å². The van der Waals surface area contributed by atoms with Crippen LogP contribution in [0.3, 0.4) is 0 Å². The predicted molar refractivity (Wildman–Crippen MR) is 82.9 cm³/mol. The fraction of sp³-hybridized carbons (Fsp3) is 0.500. The van der Waals surface area contributed by atoms with Gasteiger partial charge in [0.05, 0.1) is 0 Å². The van der Waals surface area contributed by atoms with Gasteiger partial charge in [-0.2, -0.15) is 0 Å². The summed E-state index contributed by atoms with van der Waals surface area (Å²) in [4.78, 5) is 25.9. The number of likely N-dealkylation sites (tertiary alicyclic amines) is 1. The summed E-state index contributed by atoms with van der Waals surface area (Å²) in [5, 5.41) is 5.84. The first kappa shape index (κ1) is 16.3. The molecule has 1 aliphatic heterocycles. The van der Waals surface area contributed by atoms with Gasteiger partial charge < -0.3 is 15.5 Å². The van der Waals surface area contributed by atoms with Gasteiger partial charge in [-0.25, -0.2) is 4.39 Å². The molecule has 0 spiro atoms. The number of hydrogen-bond acceptors (Lipinski definition) is 3. The zero-order valence-electron chi connectivity index (χ0n) is 13.0. The van der Waals surface area contributed by atoms with E-state index in [0.717, 1.165) is 0 Å². The summed E-state index contributed by atoms with van der Waals surface area (Å²) in [6.07, 6.45) is 1.45. The molecule has 22 heavy (non-hydrogen) atoms. The Morgan fingerprint density at radius 3 is 2.55 bits per heavy atom. The third kappa shape index (κ3) is 3.37. The number of nitrogens with one attached hydrogen (secondary N) is 2. The number of hydrogen-bond donors (Lipinski definition) is 2. The Balaban J connectivity index is 2.17. The number of benzene rings is 1. The first-order valence-corrected chi connectivity index (χ1v) is 7.54. The number of carbonyl (C=O) groups is 2. The molecule has 2 amide bonds. The van der Waals surface area contributed by atoms with Crippen molar-refractivity contribution in [1.29, 1.82) is 0 Å². The monoisotopic (exact) mass is 307 g/mol. The standard InChI is InChI=1S/C16H22FN3O2/c1-3-14(21)20-9-7-16(8-10-20,15(22)18-2)19-13-6-4-5-12(17)11-13/h4-6,11,19H,3,7-10H2,1-2H3,(H,18,22). The largest absolute Gasteiger partial charge is 0.371 e. The molecule has 0 atom stereocenters. The van der Waals surface area contributed by atoms with Gasteiger partial charge in [-0.15, -0.1) is 0 Å². The molecule has 2 N–H and O–H groups in total. The summed E-state index contributed by atoms with van der Waals surface area (Å²) < 4.78 is 13.3. The minimum absolute atomic E-state index is 0.0938. The number of piperidine rings is 1. The smallest absolute Gasteiger partial charge is 0.245 e. The first-order chi connectivity index (χ1) is 10.5. The van der Waals surface area contributed by atoms with Crippen LogP contribution in [0.2, 0.25) is 0 Å². The van der Waals surface area contributed by atoms with Crippen LogP contribution in [0.4, 0.5) is 10.1 Å². The van der Waals surface area contributed by atoms with E-state index in [-0.39, 0.29) is 17.6 Å². The molecule has 1 aromatic rings. The Bertz CT molecular complexity index is 554. The van der Waals surface area contributed by atoms with Crippen LogP contribution < -0.4 is 10.6 Å². The highest BCUT2D eigenvalue weighted by Crippen LogP contribution is 2.28. The van der Waals surface area contributed by atoms with Crippen LogP contribution in [0.5, 0.6) is 0 Å². The molecule has 0 unspecified atom stereocenters. The third-order valence-electron chi connectivity index (χ3n) is 4.14. The van der Waals surface area contributed by atoms with E-state index in [1.54, 1.807) is 24.1 Å². The number of likely N-dealkylation sites (N-methyl/N-ethyl adjacent to an activating group) is 1. The summed E-state index contributed by atoms with van der Waals surface area (Å²) >= 11 is 0. The van der Waals surface area contributed by atoms with E-state index in [2.05, 4.69) is 10.6 Å². The van der Waals surface area contributed by atoms with Crippen molar-refractivity contribution in [2.45, 2.75) is 31.7 Å². The molecule has 1 saturated heterocycles. The van der Waals surface area contributed by atoms with Crippen LogP contribution in [0, 0.1) is 5.82 Å². The second kappa shape index (κ2) is 6.77. The topological polar surface area (TPSA) is 61.4 Å². The highest BCUT2D eigenvalue weighted by Gasteiger charge is 2.41. The van der Waals surface area contributed by atoms with Crippen molar-refractivity contribution in [2.24, 2.45) is 0 Å². The van der Waals surface area contributed by atoms with E-state index in [1.807, 2.05) is 6.92 Å². The van der Waals surface area contributed by atoms with E-state index >= 15 is 0 Å². The summed E-state index contributed by atoms with van der Waals surface area (Å²) in [5.74, 6) is -0.396. The van der Waals surface area contributed by atoms with E-state index in [9.17, 15) is 14.0 Å². The summed E-state index contributed by atoms with van der Waals surface area (Å²) in [5.41, 5.74) is -0.244. The van der Waals surface area contributed by atoms with Crippen molar-refractivity contribution in [1.82, 2.24) is 10.2 Å². The van der Waals surface area contributed by atoms with E-state index in [1.165, 1.54) is 12.1 Å². The molecular formula is C16H22FN3O2. The Kier molecular flexibility index (Phi) is 5.00. The second-order valence-electron chi connectivity index (χ2n) is 5.53. The molecule has 1 fully saturated rings. The minimum atomic E-state index is -0.812. The van der Waals surface area contributed by atoms with Gasteiger partial charge in [-0.05, 0) is 31.0 Å². The van der Waals surface area contributed by atoms with Gasteiger partial charge in [-0.3, -0.25) is 9.59 Å². The van der Waals surface area contributed by atoms with Crippen LogP contribution >= 0.6 is 0 Å². The predicted octanol–water partition coefficient (Wildman–Crippen LogP) is 1.75. The number of halogens is 1. The van der Waals surface area contributed by atoms with Gasteiger partial charge in [0.25, 0.3) is 0 Å². The first-order valence-electron chi connectivity index (χ1n) is 7.54. The highest BCUT2D eigenvalue weighted by molar-refractivity contribution is 5.89. The Morgan fingerprint density at radius 2 is 2.00 bits per heavy atom. The maximum atomic E-state index is 13.3. The molecule has 0 aliphatic carbocycles. The number of amides is 2. The van der Waals surface area contributed by atoms with Crippen molar-refractivity contribution in [3.8, 4) is 0 Å². The highest BCUT2D eigenvalue weighted by atomic mass is 19.1. The van der Waals surface area contributed by atoms with Crippen molar-refractivity contribution in [2.75, 3.05) is 25.5 Å². The lowest BCUT2D eigenvalue weighted by Crippen LogP contribution is -2.58. The zero-order chi connectivity index (χ0) is 16.2. The van der Waals surface area contributed by atoms with Crippen LogP contribution in [0.1, 0.15) is 26.2 Å². The molecular weight excluding hydrogens is 285 g/mol. The van der Waals surface area contributed by atoms with Crippen LogP contribution in [0.15, 0.2) is 24.3 Å². The van der Waals surface area contributed by atoms with Gasteiger partial charge in [0, 0.05) is 32.2 Å². The zero-order valence-corrected chi connectivity index (χ0v) is 13.0. The quantitative estimate of drug-likeness (QED) is 0.891. The summed E-state index contributed by atoms with van der Waals surface area (Å²) in [6.45, 7) is 2.86. The molecule has 120 valence electrons. The lowest BCUT2D eigenvalue weighted by atomic mass is 9.86. The molecule has 0 aromatic heterocycles. The Hall–Kier alpha value is -2.11. The average molecular weight is 307 g/mol. The van der Waals surface area contributed by atoms with E-state index in [4.69, 9.17) is 0 Å². The van der Waals surface area contributed by atoms with Crippen LogP contribution in [0.25, 0.3) is 0 Å². The maximum Gasteiger partial charge on any atom is 0.245 e. The Morgan fingerprint density at radius 1 is 1.32 bits per heavy atom. The van der Waals surface area contributed by atoms with Crippen molar-refractivity contribution >= 4 is 17.5 Å². The average Bonchev–Trinajstić information content (AvgIpc) is 2.54. The Labute approximate surface area is 129 Å². The fourth-order valence-corrected chi connectivity index (χ4v) is 2.85. The number of nitrogens with zero attached hydrogens (tertiary/aromatic N) is 1. The van der Waals surface area contributed by atoms with Gasteiger partial charge in [0.2, 0.25) is 11.8 Å². The van der Waals surface area contributed by atoms with Crippen molar-refractivity contribution in [3.05, 3.63) is 30.1 Å². The van der Waals surface area contributed by atoms with Gasteiger partial charge in [-0.1, -0.05) is 13.0 Å². The SMILES string of the molecule is CCC(=O)N1CCC(Nc2cccc(F)c2)(C(=O)NC)CC1. The lowest BCUT2D eigenvalue weighted by molar-refractivity contribution is -0.135. The molecule has 0 radical (unpaired) electrons. The van der Waals surface area contributed by atoms with Crippen LogP contribution in [-0.2, 0) is 9.59 Å².